The Morgan fingerprint density at radius 3 is 1.29 bits per heavy atom. The maximum atomic E-state index is 6.88. The third-order valence-electron chi connectivity index (χ3n) is 9.78. The summed E-state index contributed by atoms with van der Waals surface area (Å²) in [7, 11) is 0. The van der Waals surface area contributed by atoms with Crippen LogP contribution in [0.2, 0.25) is 0 Å². The van der Waals surface area contributed by atoms with Crippen LogP contribution in [-0.4, -0.2) is 70.5 Å². The molecule has 7 rings (SSSR count). The van der Waals surface area contributed by atoms with Gasteiger partial charge in [0.1, 0.15) is 0 Å². The summed E-state index contributed by atoms with van der Waals surface area (Å²) in [6.07, 6.45) is 21.1. The van der Waals surface area contributed by atoms with Gasteiger partial charge in [-0.3, -0.25) is 9.80 Å². The number of fused-ring (bicyclic) bond motifs is 6. The second kappa shape index (κ2) is 6.67. The predicted octanol–water partition coefficient (Wildman–Crippen LogP) is 3.87. The van der Waals surface area contributed by atoms with Crippen molar-refractivity contribution in [1.29, 1.82) is 0 Å². The molecule has 0 N–H and O–H groups in total. The Kier molecular flexibility index (Phi) is 4.17. The highest BCUT2D eigenvalue weighted by Gasteiger charge is 2.63. The Balaban J connectivity index is 1.32. The lowest BCUT2D eigenvalue weighted by molar-refractivity contribution is -0.286. The van der Waals surface area contributed by atoms with Crippen LogP contribution in [0.25, 0.3) is 0 Å². The van der Waals surface area contributed by atoms with Crippen molar-refractivity contribution in [3.63, 3.8) is 0 Å². The summed E-state index contributed by atoms with van der Waals surface area (Å²) in [6, 6.07) is 4.22. The van der Waals surface area contributed by atoms with E-state index in [4.69, 9.17) is 9.47 Å². The lowest BCUT2D eigenvalue weighted by atomic mass is 9.69. The number of nitrogens with zero attached hydrogens (tertiary/aromatic N) is 2. The van der Waals surface area contributed by atoms with Crippen molar-refractivity contribution in [2.24, 2.45) is 0 Å². The van der Waals surface area contributed by atoms with Crippen molar-refractivity contribution < 1.29 is 9.47 Å². The van der Waals surface area contributed by atoms with Crippen molar-refractivity contribution in [3.05, 3.63) is 0 Å². The van der Waals surface area contributed by atoms with E-state index in [0.717, 1.165) is 12.1 Å². The largest absolute Gasteiger partial charge is 0.372 e. The Morgan fingerprint density at radius 1 is 0.393 bits per heavy atom. The Morgan fingerprint density at radius 2 is 0.786 bits per heavy atom. The molecule has 4 saturated carbocycles. The molecule has 3 saturated heterocycles. The molecule has 3 heterocycles. The van der Waals surface area contributed by atoms with Crippen LogP contribution in [0.15, 0.2) is 0 Å². The zero-order valence-corrected chi connectivity index (χ0v) is 17.4. The summed E-state index contributed by atoms with van der Waals surface area (Å²) < 4.78 is 13.8. The van der Waals surface area contributed by atoms with Gasteiger partial charge in [0.2, 0.25) is 0 Å². The molecule has 7 fully saturated rings. The second-order valence-corrected chi connectivity index (χ2v) is 11.0. The highest BCUT2D eigenvalue weighted by Crippen LogP contribution is 2.52. The third kappa shape index (κ3) is 2.38. The molecule has 7 aliphatic rings. The monoisotopic (exact) mass is 386 g/mol. The van der Waals surface area contributed by atoms with E-state index in [0.29, 0.717) is 48.6 Å². The lowest BCUT2D eigenvalue weighted by Crippen LogP contribution is -2.83. The van der Waals surface area contributed by atoms with Gasteiger partial charge in [0, 0.05) is 24.2 Å². The quantitative estimate of drug-likeness (QED) is 0.631. The molecule has 4 heteroatoms. The molecule has 4 aliphatic carbocycles. The predicted molar refractivity (Wildman–Crippen MR) is 108 cm³/mol. The molecule has 0 aromatic carbocycles. The summed E-state index contributed by atoms with van der Waals surface area (Å²) in [5.74, 6) is 0. The van der Waals surface area contributed by atoms with Crippen LogP contribution >= 0.6 is 0 Å². The van der Waals surface area contributed by atoms with Crippen LogP contribution in [-0.2, 0) is 9.47 Å². The summed E-state index contributed by atoms with van der Waals surface area (Å²) in [6.45, 7) is 0. The van der Waals surface area contributed by atoms with E-state index < -0.39 is 0 Å². The highest BCUT2D eigenvalue weighted by atomic mass is 16.5. The molecule has 28 heavy (non-hydrogen) atoms. The molecule has 10 unspecified atom stereocenters. The molecule has 0 radical (unpaired) electrons. The first kappa shape index (κ1) is 17.5. The molecule has 0 aromatic heterocycles. The molecule has 0 bridgehead atoms. The zero-order chi connectivity index (χ0) is 18.2. The van der Waals surface area contributed by atoms with Crippen molar-refractivity contribution in [3.8, 4) is 0 Å². The topological polar surface area (TPSA) is 24.9 Å². The average Bonchev–Trinajstić information content (AvgIpc) is 2.75. The number of morpholine rings is 2. The van der Waals surface area contributed by atoms with E-state index in [1.54, 1.807) is 0 Å². The lowest BCUT2D eigenvalue weighted by Gasteiger charge is -2.70. The Labute approximate surface area is 170 Å². The van der Waals surface area contributed by atoms with Gasteiger partial charge in [-0.25, -0.2) is 0 Å². The fraction of sp³-hybridized carbons (Fsp3) is 1.00. The van der Waals surface area contributed by atoms with Gasteiger partial charge >= 0.3 is 0 Å². The molecule has 0 spiro atoms. The third-order valence-corrected chi connectivity index (χ3v) is 9.78. The van der Waals surface area contributed by atoms with Gasteiger partial charge in [-0.15, -0.1) is 0 Å². The van der Waals surface area contributed by atoms with E-state index >= 15 is 0 Å². The van der Waals surface area contributed by atoms with Gasteiger partial charge in [0.15, 0.2) is 0 Å². The van der Waals surface area contributed by atoms with E-state index in [-0.39, 0.29) is 0 Å². The number of hydrogen-bond acceptors (Lipinski definition) is 4. The van der Waals surface area contributed by atoms with Gasteiger partial charge in [0.05, 0.1) is 36.5 Å². The molecule has 4 nitrogen and oxygen atoms in total. The number of hydrogen-bond donors (Lipinski definition) is 0. The van der Waals surface area contributed by atoms with E-state index in [1.165, 1.54) is 89.9 Å². The van der Waals surface area contributed by atoms with Crippen LogP contribution in [0.5, 0.6) is 0 Å². The maximum Gasteiger partial charge on any atom is 0.0750 e. The summed E-state index contributed by atoms with van der Waals surface area (Å²) in [4.78, 5) is 6.20. The summed E-state index contributed by atoms with van der Waals surface area (Å²) in [5, 5.41) is 0. The van der Waals surface area contributed by atoms with E-state index in [9.17, 15) is 0 Å². The second-order valence-electron chi connectivity index (χ2n) is 11.0. The number of rotatable bonds is 0. The van der Waals surface area contributed by atoms with Crippen molar-refractivity contribution in [2.75, 3.05) is 0 Å². The fourth-order valence-corrected chi connectivity index (χ4v) is 8.94. The molecule has 0 amide bonds. The van der Waals surface area contributed by atoms with Gasteiger partial charge in [-0.2, -0.15) is 0 Å². The summed E-state index contributed by atoms with van der Waals surface area (Å²) in [5.41, 5.74) is 0. The number of piperazine rings is 1. The van der Waals surface area contributed by atoms with Crippen molar-refractivity contribution >= 4 is 0 Å². The van der Waals surface area contributed by atoms with Crippen LogP contribution in [0.4, 0.5) is 0 Å². The standard InChI is InChI=1S/C24H38N2O2/c1-3-11-19-15(7-1)25-17-9-5-14-22-24(17)26(16-8-2-4-12-20(16)28-22)18-10-6-13-21(27-19)23(18)25/h15-24H,1-14H2. The molecule has 0 aromatic rings. The van der Waals surface area contributed by atoms with Gasteiger partial charge in [-0.05, 0) is 64.2 Å². The molecular weight excluding hydrogens is 348 g/mol. The fourth-order valence-electron chi connectivity index (χ4n) is 8.94. The van der Waals surface area contributed by atoms with Crippen LogP contribution in [0.1, 0.15) is 89.9 Å². The van der Waals surface area contributed by atoms with Crippen LogP contribution in [0, 0.1) is 0 Å². The van der Waals surface area contributed by atoms with Gasteiger partial charge in [0.25, 0.3) is 0 Å². The molecular formula is C24H38N2O2. The minimum Gasteiger partial charge on any atom is -0.372 e. The van der Waals surface area contributed by atoms with Crippen LogP contribution in [0.3, 0.4) is 0 Å². The molecule has 156 valence electrons. The Hall–Kier alpha value is -0.160. The molecule has 3 aliphatic heterocycles. The van der Waals surface area contributed by atoms with Crippen molar-refractivity contribution in [1.82, 2.24) is 9.80 Å². The minimum atomic E-state index is 0.504. The zero-order valence-electron chi connectivity index (χ0n) is 17.4. The van der Waals surface area contributed by atoms with E-state index in [1.807, 2.05) is 0 Å². The normalized spacial score (nSPS) is 56.1. The smallest absolute Gasteiger partial charge is 0.0750 e. The van der Waals surface area contributed by atoms with Crippen molar-refractivity contribution in [2.45, 2.75) is 151 Å². The first-order valence-corrected chi connectivity index (χ1v) is 12.8. The first-order valence-electron chi connectivity index (χ1n) is 12.8. The van der Waals surface area contributed by atoms with E-state index in [2.05, 4.69) is 9.80 Å². The molecule has 10 atom stereocenters. The van der Waals surface area contributed by atoms with Crippen LogP contribution < -0.4 is 0 Å². The minimum absolute atomic E-state index is 0.504. The Bertz CT molecular complexity index is 561. The summed E-state index contributed by atoms with van der Waals surface area (Å²) >= 11 is 0. The number of ether oxygens (including phenoxy) is 2. The maximum absolute atomic E-state index is 6.88. The van der Waals surface area contributed by atoms with Gasteiger partial charge < -0.3 is 9.47 Å². The SMILES string of the molecule is C1CCC2C(C1)OC1CCCC3C1N2C1CCCC2OC4CCCCC4N3C21. The van der Waals surface area contributed by atoms with Gasteiger partial charge in [-0.1, -0.05) is 25.7 Å². The first-order chi connectivity index (χ1) is 13.9. The highest BCUT2D eigenvalue weighted by molar-refractivity contribution is 5.17. The average molecular weight is 387 g/mol.